The van der Waals surface area contributed by atoms with Gasteiger partial charge in [0.25, 0.3) is 0 Å². The fourth-order valence-corrected chi connectivity index (χ4v) is 8.07. The Morgan fingerprint density at radius 1 is 0.532 bits per heavy atom. The molecule has 0 fully saturated rings. The molecule has 2 aromatic heterocycles. The Balaban J connectivity index is 1.31. The minimum Gasteiger partial charge on any atom is -0.456 e. The molecular formula is C43H29N3O. The van der Waals surface area contributed by atoms with Gasteiger partial charge in [-0.05, 0) is 69.1 Å². The Kier molecular flexibility index (Phi) is 5.37. The van der Waals surface area contributed by atoms with Crippen molar-refractivity contribution in [2.45, 2.75) is 25.7 Å². The third-order valence-electron chi connectivity index (χ3n) is 10.1. The highest BCUT2D eigenvalue weighted by Crippen LogP contribution is 2.58. The predicted molar refractivity (Wildman–Crippen MR) is 189 cm³/mol. The first kappa shape index (κ1) is 26.4. The fraction of sp³-hybridized carbons (Fsp3) is 0.0930. The molecule has 0 atom stereocenters. The van der Waals surface area contributed by atoms with Gasteiger partial charge in [0.2, 0.25) is 0 Å². The van der Waals surface area contributed by atoms with Crippen molar-refractivity contribution in [2.75, 3.05) is 0 Å². The van der Waals surface area contributed by atoms with E-state index in [0.29, 0.717) is 17.5 Å². The summed E-state index contributed by atoms with van der Waals surface area (Å²) in [5, 5.41) is 2.06. The molecule has 2 aliphatic carbocycles. The van der Waals surface area contributed by atoms with Gasteiger partial charge >= 0.3 is 0 Å². The zero-order chi connectivity index (χ0) is 31.3. The van der Waals surface area contributed by atoms with Crippen LogP contribution in [-0.4, -0.2) is 15.0 Å². The van der Waals surface area contributed by atoms with Crippen LogP contribution in [0.2, 0.25) is 0 Å². The highest BCUT2D eigenvalue weighted by Gasteiger charge is 2.42. The van der Waals surface area contributed by atoms with Gasteiger partial charge in [-0.15, -0.1) is 0 Å². The van der Waals surface area contributed by atoms with Crippen LogP contribution >= 0.6 is 0 Å². The molecule has 0 saturated carbocycles. The third-order valence-corrected chi connectivity index (χ3v) is 10.1. The smallest absolute Gasteiger partial charge is 0.164 e. The topological polar surface area (TPSA) is 51.8 Å². The molecule has 4 nitrogen and oxygen atoms in total. The van der Waals surface area contributed by atoms with E-state index in [-0.39, 0.29) is 5.41 Å². The standard InChI is InChI=1S/C43H29N3O/c1-43(2)33-20-10-8-17-29(33)38-32(24-27-23-26-15-6-7-16-28(26)36(27)39(38)43)42-45-40(25-13-4-3-5-14-25)44-41(46-42)31-19-12-22-35-37(31)30-18-9-11-21-34(30)47-35/h3-22,24H,23H2,1-2H3. The lowest BCUT2D eigenvalue weighted by Crippen LogP contribution is -2.16. The summed E-state index contributed by atoms with van der Waals surface area (Å²) in [7, 11) is 0. The number of benzene rings is 6. The van der Waals surface area contributed by atoms with E-state index in [1.807, 2.05) is 48.5 Å². The lowest BCUT2D eigenvalue weighted by molar-refractivity contribution is 0.662. The molecule has 2 heterocycles. The Morgan fingerprint density at radius 2 is 1.19 bits per heavy atom. The molecule has 8 aromatic rings. The molecule has 0 amide bonds. The van der Waals surface area contributed by atoms with E-state index in [1.54, 1.807) is 0 Å². The van der Waals surface area contributed by atoms with E-state index < -0.39 is 0 Å². The van der Waals surface area contributed by atoms with Crippen molar-refractivity contribution in [3.8, 4) is 56.4 Å². The van der Waals surface area contributed by atoms with Crippen molar-refractivity contribution in [2.24, 2.45) is 0 Å². The normalized spacial score (nSPS) is 13.8. The van der Waals surface area contributed by atoms with E-state index in [0.717, 1.165) is 45.0 Å². The first-order valence-electron chi connectivity index (χ1n) is 16.2. The number of fused-ring (bicyclic) bond motifs is 10. The number of furan rings is 1. The molecule has 0 saturated heterocycles. The van der Waals surface area contributed by atoms with E-state index in [2.05, 4.69) is 92.7 Å². The molecule has 4 heteroatoms. The Bertz CT molecular complexity index is 2580. The van der Waals surface area contributed by atoms with Gasteiger partial charge in [-0.2, -0.15) is 0 Å². The third kappa shape index (κ3) is 3.73. The van der Waals surface area contributed by atoms with Crippen LogP contribution in [-0.2, 0) is 11.8 Å². The summed E-state index contributed by atoms with van der Waals surface area (Å²) in [5.74, 6) is 1.97. The van der Waals surface area contributed by atoms with Gasteiger partial charge in [-0.3, -0.25) is 0 Å². The van der Waals surface area contributed by atoms with Crippen LogP contribution in [0.4, 0.5) is 0 Å². The van der Waals surface area contributed by atoms with Gasteiger partial charge in [-0.1, -0.05) is 123 Å². The Labute approximate surface area is 272 Å². The fourth-order valence-electron chi connectivity index (χ4n) is 8.07. The minimum absolute atomic E-state index is 0.192. The van der Waals surface area contributed by atoms with Crippen molar-refractivity contribution in [3.63, 3.8) is 0 Å². The van der Waals surface area contributed by atoms with Crippen molar-refractivity contribution in [1.82, 2.24) is 15.0 Å². The zero-order valence-electron chi connectivity index (χ0n) is 26.1. The van der Waals surface area contributed by atoms with Gasteiger partial charge < -0.3 is 4.42 Å². The lowest BCUT2D eigenvalue weighted by Gasteiger charge is -2.25. The minimum atomic E-state index is -0.192. The summed E-state index contributed by atoms with van der Waals surface area (Å²) in [6, 6.07) is 44.6. The second kappa shape index (κ2) is 9.57. The summed E-state index contributed by atoms with van der Waals surface area (Å²) in [5.41, 5.74) is 15.0. The van der Waals surface area contributed by atoms with Crippen LogP contribution in [0, 0.1) is 0 Å². The summed E-state index contributed by atoms with van der Waals surface area (Å²) >= 11 is 0. The largest absolute Gasteiger partial charge is 0.456 e. The molecule has 0 bridgehead atoms. The number of hydrogen-bond acceptors (Lipinski definition) is 4. The zero-order valence-corrected chi connectivity index (χ0v) is 26.1. The Morgan fingerprint density at radius 3 is 2.06 bits per heavy atom. The predicted octanol–water partition coefficient (Wildman–Crippen LogP) is 10.6. The van der Waals surface area contributed by atoms with Crippen molar-refractivity contribution in [3.05, 3.63) is 150 Å². The van der Waals surface area contributed by atoms with Crippen LogP contribution in [0.3, 0.4) is 0 Å². The van der Waals surface area contributed by atoms with Crippen LogP contribution < -0.4 is 0 Å². The number of rotatable bonds is 3. The number of hydrogen-bond donors (Lipinski definition) is 0. The van der Waals surface area contributed by atoms with E-state index in [1.165, 1.54) is 44.5 Å². The van der Waals surface area contributed by atoms with Crippen LogP contribution in [0.15, 0.2) is 132 Å². The second-order valence-electron chi connectivity index (χ2n) is 13.2. The molecule has 0 unspecified atom stereocenters. The highest BCUT2D eigenvalue weighted by atomic mass is 16.3. The molecule has 2 aliphatic rings. The summed E-state index contributed by atoms with van der Waals surface area (Å²) in [4.78, 5) is 15.7. The van der Waals surface area contributed by atoms with E-state index in [4.69, 9.17) is 19.4 Å². The van der Waals surface area contributed by atoms with Gasteiger partial charge in [0.15, 0.2) is 17.5 Å². The monoisotopic (exact) mass is 603 g/mol. The summed E-state index contributed by atoms with van der Waals surface area (Å²) in [6.07, 6.45) is 0.891. The SMILES string of the molecule is CC1(C)c2ccccc2-c2c(-c3nc(-c4ccccc4)nc(-c4cccc5oc6ccccc6c45)n3)cc3c(c21)-c1ccccc1C3. The van der Waals surface area contributed by atoms with Crippen molar-refractivity contribution in [1.29, 1.82) is 0 Å². The summed E-state index contributed by atoms with van der Waals surface area (Å²) in [6.45, 7) is 4.73. The first-order chi connectivity index (χ1) is 23.1. The maximum Gasteiger partial charge on any atom is 0.164 e. The molecule has 47 heavy (non-hydrogen) atoms. The second-order valence-corrected chi connectivity index (χ2v) is 13.2. The molecule has 0 aliphatic heterocycles. The highest BCUT2D eigenvalue weighted by molar-refractivity contribution is 6.12. The number of nitrogens with zero attached hydrogens (tertiary/aromatic N) is 3. The van der Waals surface area contributed by atoms with E-state index in [9.17, 15) is 0 Å². The van der Waals surface area contributed by atoms with Gasteiger partial charge in [0, 0.05) is 32.9 Å². The maximum atomic E-state index is 6.28. The first-order valence-corrected chi connectivity index (χ1v) is 16.2. The van der Waals surface area contributed by atoms with Crippen molar-refractivity contribution < 1.29 is 4.42 Å². The lowest BCUT2D eigenvalue weighted by atomic mass is 9.78. The van der Waals surface area contributed by atoms with Crippen molar-refractivity contribution >= 4 is 21.9 Å². The molecule has 222 valence electrons. The van der Waals surface area contributed by atoms with Crippen LogP contribution in [0.5, 0.6) is 0 Å². The number of aromatic nitrogens is 3. The molecule has 6 aromatic carbocycles. The van der Waals surface area contributed by atoms with Crippen LogP contribution in [0.1, 0.15) is 36.1 Å². The maximum absolute atomic E-state index is 6.28. The molecule has 10 rings (SSSR count). The Hall–Kier alpha value is -5.87. The quantitative estimate of drug-likeness (QED) is 0.202. The van der Waals surface area contributed by atoms with Gasteiger partial charge in [-0.25, -0.2) is 15.0 Å². The molecular weight excluding hydrogens is 574 g/mol. The van der Waals surface area contributed by atoms with E-state index >= 15 is 0 Å². The number of para-hydroxylation sites is 1. The summed E-state index contributed by atoms with van der Waals surface area (Å²) < 4.78 is 6.28. The molecule has 0 N–H and O–H groups in total. The molecule has 0 radical (unpaired) electrons. The van der Waals surface area contributed by atoms with Gasteiger partial charge in [0.05, 0.1) is 0 Å². The van der Waals surface area contributed by atoms with Crippen LogP contribution in [0.25, 0.3) is 78.4 Å². The average molecular weight is 604 g/mol. The van der Waals surface area contributed by atoms with Gasteiger partial charge in [0.1, 0.15) is 11.2 Å². The molecule has 0 spiro atoms. The average Bonchev–Trinajstić information content (AvgIpc) is 3.76.